The zero-order chi connectivity index (χ0) is 13.9. The van der Waals surface area contributed by atoms with Crippen LogP contribution in [-0.2, 0) is 0 Å². The molecule has 0 heterocycles. The van der Waals surface area contributed by atoms with E-state index in [1.165, 1.54) is 0 Å². The Kier molecular flexibility index (Phi) is 2.48. The molecular weight excluding hydrogens is 269 g/mol. The van der Waals surface area contributed by atoms with Gasteiger partial charge in [-0.15, -0.1) is 0 Å². The van der Waals surface area contributed by atoms with E-state index in [9.17, 15) is 39.5 Å². The Balaban J connectivity index is 3.75. The minimum Gasteiger partial charge on any atom is -0.204 e. The van der Waals surface area contributed by atoms with E-state index in [0.29, 0.717) is 0 Å². The molecular formula is C7F9N. The number of alkyl halides is 8. The first kappa shape index (κ1) is 13.7. The SMILES string of the molecule is N#CC1=C(F)C(F)(F)C(F)(F)C(F)(F)C1(F)F. The molecule has 1 rings (SSSR count). The third-order valence-electron chi connectivity index (χ3n) is 2.10. The van der Waals surface area contributed by atoms with Gasteiger partial charge in [-0.05, 0) is 0 Å². The maximum atomic E-state index is 12.7. The lowest BCUT2D eigenvalue weighted by Gasteiger charge is -2.39. The van der Waals surface area contributed by atoms with Crippen LogP contribution in [0.2, 0.25) is 0 Å². The van der Waals surface area contributed by atoms with Crippen molar-refractivity contribution in [2.24, 2.45) is 0 Å². The minimum atomic E-state index is -6.64. The molecule has 1 nitrogen and oxygen atoms in total. The fourth-order valence-corrected chi connectivity index (χ4v) is 1.10. The molecule has 0 radical (unpaired) electrons. The lowest BCUT2D eigenvalue weighted by atomic mass is 9.85. The first-order chi connectivity index (χ1) is 7.35. The normalized spacial score (nSPS) is 28.7. The van der Waals surface area contributed by atoms with Crippen LogP contribution in [0.4, 0.5) is 39.5 Å². The third-order valence-corrected chi connectivity index (χ3v) is 2.10. The summed E-state index contributed by atoms with van der Waals surface area (Å²) < 4.78 is 113. The quantitative estimate of drug-likeness (QED) is 0.619. The Labute approximate surface area is 87.1 Å². The van der Waals surface area contributed by atoms with Crippen LogP contribution in [0.1, 0.15) is 0 Å². The fraction of sp³-hybridized carbons (Fsp3) is 0.571. The monoisotopic (exact) mass is 269 g/mol. The number of rotatable bonds is 0. The van der Waals surface area contributed by atoms with Crippen molar-refractivity contribution in [3.63, 3.8) is 0 Å². The molecule has 0 aromatic heterocycles. The highest BCUT2D eigenvalue weighted by Crippen LogP contribution is 2.61. The highest BCUT2D eigenvalue weighted by molar-refractivity contribution is 5.43. The predicted octanol–water partition coefficient (Wildman–Crippen LogP) is 3.29. The molecule has 0 saturated carbocycles. The third kappa shape index (κ3) is 1.22. The Hall–Kier alpha value is -1.40. The van der Waals surface area contributed by atoms with Gasteiger partial charge in [-0.3, -0.25) is 0 Å². The molecule has 0 N–H and O–H groups in total. The molecule has 17 heavy (non-hydrogen) atoms. The topological polar surface area (TPSA) is 23.8 Å². The second kappa shape index (κ2) is 3.08. The summed E-state index contributed by atoms with van der Waals surface area (Å²) in [6.07, 6.45) is 0. The second-order valence-electron chi connectivity index (χ2n) is 3.10. The molecule has 0 amide bonds. The Morgan fingerprint density at radius 3 is 1.47 bits per heavy atom. The molecule has 0 spiro atoms. The van der Waals surface area contributed by atoms with Gasteiger partial charge in [0.1, 0.15) is 11.6 Å². The Bertz CT molecular complexity index is 427. The van der Waals surface area contributed by atoms with Crippen LogP contribution in [0, 0.1) is 11.3 Å². The van der Waals surface area contributed by atoms with E-state index in [2.05, 4.69) is 0 Å². The lowest BCUT2D eigenvalue weighted by Crippen LogP contribution is -2.66. The number of allylic oxidation sites excluding steroid dienone is 2. The van der Waals surface area contributed by atoms with Gasteiger partial charge >= 0.3 is 23.7 Å². The zero-order valence-corrected chi connectivity index (χ0v) is 7.35. The van der Waals surface area contributed by atoms with Crippen molar-refractivity contribution < 1.29 is 39.5 Å². The highest BCUT2D eigenvalue weighted by atomic mass is 19.4. The molecule has 1 aliphatic carbocycles. The summed E-state index contributed by atoms with van der Waals surface area (Å²) >= 11 is 0. The molecule has 0 aromatic rings. The average Bonchev–Trinajstić information content (AvgIpc) is 2.15. The van der Waals surface area contributed by atoms with Crippen LogP contribution in [0.25, 0.3) is 0 Å². The first-order valence-electron chi connectivity index (χ1n) is 3.67. The molecule has 96 valence electrons. The first-order valence-corrected chi connectivity index (χ1v) is 3.67. The van der Waals surface area contributed by atoms with Crippen molar-refractivity contribution in [1.82, 2.24) is 0 Å². The average molecular weight is 269 g/mol. The maximum absolute atomic E-state index is 12.7. The van der Waals surface area contributed by atoms with E-state index in [4.69, 9.17) is 5.26 Å². The van der Waals surface area contributed by atoms with Gasteiger partial charge in [0.15, 0.2) is 5.83 Å². The Morgan fingerprint density at radius 1 is 0.765 bits per heavy atom. The van der Waals surface area contributed by atoms with Crippen molar-refractivity contribution >= 4 is 0 Å². The van der Waals surface area contributed by atoms with Gasteiger partial charge in [-0.25, -0.2) is 4.39 Å². The summed E-state index contributed by atoms with van der Waals surface area (Å²) in [7, 11) is 0. The molecule has 0 bridgehead atoms. The van der Waals surface area contributed by atoms with Crippen LogP contribution in [0.15, 0.2) is 11.4 Å². The van der Waals surface area contributed by atoms with Gasteiger partial charge in [0.25, 0.3) is 0 Å². The van der Waals surface area contributed by atoms with Crippen molar-refractivity contribution in [2.75, 3.05) is 0 Å². The van der Waals surface area contributed by atoms with Gasteiger partial charge in [0.2, 0.25) is 0 Å². The summed E-state index contributed by atoms with van der Waals surface area (Å²) in [5.41, 5.74) is -3.00. The predicted molar refractivity (Wildman–Crippen MR) is 33.5 cm³/mol. The van der Waals surface area contributed by atoms with E-state index >= 15 is 0 Å². The van der Waals surface area contributed by atoms with Gasteiger partial charge in [-0.1, -0.05) is 0 Å². The molecule has 0 aliphatic heterocycles. The summed E-state index contributed by atoms with van der Waals surface area (Å²) in [5.74, 6) is -29.0. The van der Waals surface area contributed by atoms with Crippen LogP contribution in [-0.4, -0.2) is 23.7 Å². The van der Waals surface area contributed by atoms with Crippen molar-refractivity contribution in [3.8, 4) is 6.07 Å². The maximum Gasteiger partial charge on any atom is 0.385 e. The van der Waals surface area contributed by atoms with Gasteiger partial charge in [-0.2, -0.15) is 40.4 Å². The summed E-state index contributed by atoms with van der Waals surface area (Å²) in [4.78, 5) is 0. The molecule has 0 unspecified atom stereocenters. The Morgan fingerprint density at radius 2 is 1.12 bits per heavy atom. The molecule has 0 atom stereocenters. The molecule has 0 saturated heterocycles. The number of nitrogens with zero attached hydrogens (tertiary/aromatic N) is 1. The van der Waals surface area contributed by atoms with E-state index in [0.717, 1.165) is 0 Å². The number of nitriles is 1. The minimum absolute atomic E-state index is 0.0543. The number of hydrogen-bond acceptors (Lipinski definition) is 1. The largest absolute Gasteiger partial charge is 0.385 e. The molecule has 0 fully saturated rings. The standard InChI is InChI=1S/C7F9N/c8-3-2(1-17)4(9,10)6(13,14)7(15,16)5(3,11)12. The highest BCUT2D eigenvalue weighted by Gasteiger charge is 2.86. The van der Waals surface area contributed by atoms with E-state index in [-0.39, 0.29) is 6.07 Å². The molecule has 1 aliphatic rings. The second-order valence-corrected chi connectivity index (χ2v) is 3.10. The smallest absolute Gasteiger partial charge is 0.204 e. The lowest BCUT2D eigenvalue weighted by molar-refractivity contribution is -0.361. The van der Waals surface area contributed by atoms with Gasteiger partial charge in [0.05, 0.1) is 0 Å². The van der Waals surface area contributed by atoms with E-state index in [1.807, 2.05) is 0 Å². The van der Waals surface area contributed by atoms with Crippen molar-refractivity contribution in [2.45, 2.75) is 23.7 Å². The van der Waals surface area contributed by atoms with Crippen LogP contribution in [0.5, 0.6) is 0 Å². The summed E-state index contributed by atoms with van der Waals surface area (Å²) in [6, 6.07) is 0.0543. The number of halogens is 9. The summed E-state index contributed by atoms with van der Waals surface area (Å²) in [5, 5.41) is 7.89. The van der Waals surface area contributed by atoms with Crippen LogP contribution >= 0.6 is 0 Å². The molecule has 0 aromatic carbocycles. The van der Waals surface area contributed by atoms with Crippen molar-refractivity contribution in [3.05, 3.63) is 11.4 Å². The van der Waals surface area contributed by atoms with Gasteiger partial charge < -0.3 is 0 Å². The van der Waals surface area contributed by atoms with E-state index in [1.54, 1.807) is 0 Å². The fourth-order valence-electron chi connectivity index (χ4n) is 1.10. The van der Waals surface area contributed by atoms with Crippen LogP contribution < -0.4 is 0 Å². The number of hydrogen-bond donors (Lipinski definition) is 0. The van der Waals surface area contributed by atoms with Crippen molar-refractivity contribution in [1.29, 1.82) is 5.26 Å². The summed E-state index contributed by atoms with van der Waals surface area (Å²) in [6.45, 7) is 0. The van der Waals surface area contributed by atoms with Gasteiger partial charge in [0, 0.05) is 0 Å². The van der Waals surface area contributed by atoms with Crippen LogP contribution in [0.3, 0.4) is 0 Å². The van der Waals surface area contributed by atoms with E-state index < -0.39 is 35.1 Å². The molecule has 10 heteroatoms. The zero-order valence-electron chi connectivity index (χ0n) is 7.35.